The minimum absolute atomic E-state index is 0.0147. The van der Waals surface area contributed by atoms with Gasteiger partial charge in [0, 0.05) is 23.7 Å². The topological polar surface area (TPSA) is 90.7 Å². The van der Waals surface area contributed by atoms with Crippen LogP contribution in [0, 0.1) is 10.1 Å². The third-order valence-electron chi connectivity index (χ3n) is 3.34. The van der Waals surface area contributed by atoms with E-state index in [0.717, 1.165) is 0 Å². The number of carbonyl (C=O) groups is 1. The van der Waals surface area contributed by atoms with Gasteiger partial charge in [0.2, 0.25) is 0 Å². The summed E-state index contributed by atoms with van der Waals surface area (Å²) in [5, 5.41) is 14.0. The van der Waals surface area contributed by atoms with Crippen molar-refractivity contribution in [2.24, 2.45) is 0 Å². The second kappa shape index (κ2) is 7.65. The standard InChI is InChI=1S/C16H15ClN2O5/c1-23-14-7-10(12(17)8-15(14)24-2)9-18-16(20)11-5-3-4-6-13(11)19(21)22/h3-8H,9H2,1-2H3,(H,18,20). The fraction of sp³-hybridized carbons (Fsp3) is 0.188. The van der Waals surface area contributed by atoms with E-state index in [1.165, 1.54) is 32.4 Å². The predicted octanol–water partition coefficient (Wildman–Crippen LogP) is 3.20. The highest BCUT2D eigenvalue weighted by Gasteiger charge is 2.19. The van der Waals surface area contributed by atoms with Crippen molar-refractivity contribution >= 4 is 23.2 Å². The maximum atomic E-state index is 12.2. The van der Waals surface area contributed by atoms with Gasteiger partial charge < -0.3 is 14.8 Å². The van der Waals surface area contributed by atoms with E-state index in [2.05, 4.69) is 5.32 Å². The lowest BCUT2D eigenvalue weighted by atomic mass is 10.1. The smallest absolute Gasteiger partial charge is 0.282 e. The van der Waals surface area contributed by atoms with Crippen LogP contribution in [0.4, 0.5) is 5.69 Å². The molecule has 2 aromatic carbocycles. The molecule has 0 aromatic heterocycles. The Morgan fingerprint density at radius 1 is 1.21 bits per heavy atom. The van der Waals surface area contributed by atoms with Crippen LogP contribution in [0.3, 0.4) is 0 Å². The molecule has 8 heteroatoms. The van der Waals surface area contributed by atoms with E-state index in [1.54, 1.807) is 18.2 Å². The molecule has 2 aromatic rings. The lowest BCUT2D eigenvalue weighted by molar-refractivity contribution is -0.385. The number of nitro benzene ring substituents is 1. The number of rotatable bonds is 6. The molecule has 0 spiro atoms. The van der Waals surface area contributed by atoms with Crippen molar-refractivity contribution in [2.75, 3.05) is 14.2 Å². The molecule has 0 radical (unpaired) electrons. The summed E-state index contributed by atoms with van der Waals surface area (Å²) in [6.07, 6.45) is 0. The molecule has 7 nitrogen and oxygen atoms in total. The van der Waals surface area contributed by atoms with Crippen LogP contribution in [0.25, 0.3) is 0 Å². The van der Waals surface area contributed by atoms with E-state index in [4.69, 9.17) is 21.1 Å². The van der Waals surface area contributed by atoms with Gasteiger partial charge in [-0.1, -0.05) is 23.7 Å². The molecule has 0 heterocycles. The zero-order valence-electron chi connectivity index (χ0n) is 13.0. The third-order valence-corrected chi connectivity index (χ3v) is 3.69. The molecule has 24 heavy (non-hydrogen) atoms. The summed E-state index contributed by atoms with van der Waals surface area (Å²) in [7, 11) is 2.98. The molecule has 0 atom stereocenters. The SMILES string of the molecule is COc1cc(Cl)c(CNC(=O)c2ccccc2[N+](=O)[O-])cc1OC. The van der Waals surface area contributed by atoms with Crippen LogP contribution in [0.5, 0.6) is 11.5 Å². The molecule has 1 amide bonds. The molecule has 0 unspecified atom stereocenters. The van der Waals surface area contributed by atoms with Crippen LogP contribution in [0.1, 0.15) is 15.9 Å². The number of carbonyl (C=O) groups excluding carboxylic acids is 1. The Balaban J connectivity index is 2.20. The summed E-state index contributed by atoms with van der Waals surface area (Å²) >= 11 is 6.15. The molecule has 0 aliphatic carbocycles. The molecular formula is C16H15ClN2O5. The quantitative estimate of drug-likeness (QED) is 0.638. The Hall–Kier alpha value is -2.80. The third kappa shape index (κ3) is 3.75. The molecular weight excluding hydrogens is 336 g/mol. The zero-order valence-corrected chi connectivity index (χ0v) is 13.8. The Morgan fingerprint density at radius 2 is 1.83 bits per heavy atom. The number of hydrogen-bond donors (Lipinski definition) is 1. The number of hydrogen-bond acceptors (Lipinski definition) is 5. The van der Waals surface area contributed by atoms with Crippen molar-refractivity contribution in [1.82, 2.24) is 5.32 Å². The van der Waals surface area contributed by atoms with E-state index in [-0.39, 0.29) is 17.8 Å². The number of nitrogens with zero attached hydrogens (tertiary/aromatic N) is 1. The number of nitro groups is 1. The lowest BCUT2D eigenvalue weighted by Crippen LogP contribution is -2.23. The van der Waals surface area contributed by atoms with Crippen LogP contribution in [0.2, 0.25) is 5.02 Å². The largest absolute Gasteiger partial charge is 0.493 e. The molecule has 0 saturated carbocycles. The van der Waals surface area contributed by atoms with Crippen molar-refractivity contribution in [1.29, 1.82) is 0 Å². The summed E-state index contributed by atoms with van der Waals surface area (Å²) in [5.74, 6) is 0.376. The molecule has 0 aliphatic heterocycles. The molecule has 0 fully saturated rings. The number of benzene rings is 2. The number of methoxy groups -OCH3 is 2. The van der Waals surface area contributed by atoms with Gasteiger partial charge in [0.15, 0.2) is 11.5 Å². The van der Waals surface area contributed by atoms with Crippen LogP contribution < -0.4 is 14.8 Å². The van der Waals surface area contributed by atoms with Crippen LogP contribution in [-0.2, 0) is 6.54 Å². The highest BCUT2D eigenvalue weighted by molar-refractivity contribution is 6.31. The maximum absolute atomic E-state index is 12.2. The average Bonchev–Trinajstić information content (AvgIpc) is 2.59. The molecule has 0 saturated heterocycles. The second-order valence-corrected chi connectivity index (χ2v) is 5.16. The monoisotopic (exact) mass is 350 g/mol. The van der Waals surface area contributed by atoms with Gasteiger partial charge in [0.05, 0.1) is 19.1 Å². The van der Waals surface area contributed by atoms with E-state index >= 15 is 0 Å². The van der Waals surface area contributed by atoms with Crippen LogP contribution >= 0.6 is 11.6 Å². The van der Waals surface area contributed by atoms with Gasteiger partial charge in [0.25, 0.3) is 11.6 Å². The van der Waals surface area contributed by atoms with Crippen LogP contribution in [-0.4, -0.2) is 25.1 Å². The van der Waals surface area contributed by atoms with Gasteiger partial charge >= 0.3 is 0 Å². The van der Waals surface area contributed by atoms with Gasteiger partial charge in [0.1, 0.15) is 5.56 Å². The fourth-order valence-corrected chi connectivity index (χ4v) is 2.35. The minimum Gasteiger partial charge on any atom is -0.493 e. The first-order valence-electron chi connectivity index (χ1n) is 6.90. The number of para-hydroxylation sites is 1. The second-order valence-electron chi connectivity index (χ2n) is 4.76. The normalized spacial score (nSPS) is 10.1. The maximum Gasteiger partial charge on any atom is 0.282 e. The van der Waals surface area contributed by atoms with E-state index in [0.29, 0.717) is 22.1 Å². The number of halogens is 1. The van der Waals surface area contributed by atoms with Gasteiger partial charge in [-0.3, -0.25) is 14.9 Å². The van der Waals surface area contributed by atoms with Crippen molar-refractivity contribution < 1.29 is 19.2 Å². The summed E-state index contributed by atoms with van der Waals surface area (Å²) in [4.78, 5) is 22.6. The Labute approximate surface area is 143 Å². The van der Waals surface area contributed by atoms with Crippen LogP contribution in [0.15, 0.2) is 36.4 Å². The molecule has 1 N–H and O–H groups in total. The summed E-state index contributed by atoms with van der Waals surface area (Å²) in [6.45, 7) is 0.0874. The molecule has 0 bridgehead atoms. The summed E-state index contributed by atoms with van der Waals surface area (Å²) in [6, 6.07) is 8.95. The first-order valence-corrected chi connectivity index (χ1v) is 7.27. The zero-order chi connectivity index (χ0) is 17.7. The molecule has 0 aliphatic rings. The number of amides is 1. The van der Waals surface area contributed by atoms with Crippen molar-refractivity contribution in [3.05, 3.63) is 62.7 Å². The number of nitrogens with one attached hydrogen (secondary N) is 1. The first-order chi connectivity index (χ1) is 11.5. The highest BCUT2D eigenvalue weighted by atomic mass is 35.5. The first kappa shape index (κ1) is 17.6. The lowest BCUT2D eigenvalue weighted by Gasteiger charge is -2.12. The summed E-state index contributed by atoms with van der Waals surface area (Å²) < 4.78 is 10.3. The van der Waals surface area contributed by atoms with Gasteiger partial charge in [-0.05, 0) is 17.7 Å². The fourth-order valence-electron chi connectivity index (χ4n) is 2.13. The van der Waals surface area contributed by atoms with E-state index in [9.17, 15) is 14.9 Å². The molecule has 2 rings (SSSR count). The highest BCUT2D eigenvalue weighted by Crippen LogP contribution is 2.33. The Kier molecular flexibility index (Phi) is 5.59. The van der Waals surface area contributed by atoms with Crippen molar-refractivity contribution in [3.63, 3.8) is 0 Å². The van der Waals surface area contributed by atoms with Crippen molar-refractivity contribution in [3.8, 4) is 11.5 Å². The van der Waals surface area contributed by atoms with E-state index in [1.807, 2.05) is 0 Å². The predicted molar refractivity (Wildman–Crippen MR) is 88.8 cm³/mol. The van der Waals surface area contributed by atoms with Crippen molar-refractivity contribution in [2.45, 2.75) is 6.54 Å². The Morgan fingerprint density at radius 3 is 2.46 bits per heavy atom. The average molecular weight is 351 g/mol. The minimum atomic E-state index is -0.599. The van der Waals surface area contributed by atoms with Gasteiger partial charge in [-0.2, -0.15) is 0 Å². The van der Waals surface area contributed by atoms with Gasteiger partial charge in [-0.25, -0.2) is 0 Å². The molecule has 126 valence electrons. The Bertz CT molecular complexity index is 779. The van der Waals surface area contributed by atoms with E-state index < -0.39 is 10.8 Å². The summed E-state index contributed by atoms with van der Waals surface area (Å²) in [5.41, 5.74) is 0.328. The van der Waals surface area contributed by atoms with Gasteiger partial charge in [-0.15, -0.1) is 0 Å². The number of ether oxygens (including phenoxy) is 2.